The van der Waals surface area contributed by atoms with Crippen LogP contribution in [0.15, 0.2) is 24.3 Å². The van der Waals surface area contributed by atoms with Gasteiger partial charge in [-0.3, -0.25) is 4.79 Å². The zero-order valence-corrected chi connectivity index (χ0v) is 11.5. The van der Waals surface area contributed by atoms with Gasteiger partial charge in [0.1, 0.15) is 0 Å². The number of carbonyl (C=O) groups is 1. The van der Waals surface area contributed by atoms with Crippen LogP contribution < -0.4 is 0 Å². The van der Waals surface area contributed by atoms with Crippen LogP contribution >= 0.6 is 0 Å². The minimum atomic E-state index is 0.159. The second kappa shape index (κ2) is 5.33. The van der Waals surface area contributed by atoms with Gasteiger partial charge >= 0.3 is 0 Å². The minimum Gasteiger partial charge on any atom is -0.381 e. The zero-order valence-electron chi connectivity index (χ0n) is 11.5. The highest BCUT2D eigenvalue weighted by molar-refractivity contribution is 5.79. The van der Waals surface area contributed by atoms with Crippen molar-refractivity contribution in [3.05, 3.63) is 35.4 Å². The van der Waals surface area contributed by atoms with Crippen LogP contribution in [0.2, 0.25) is 0 Å². The van der Waals surface area contributed by atoms with Gasteiger partial charge in [-0.2, -0.15) is 0 Å². The number of benzene rings is 1. The molecule has 0 N–H and O–H groups in total. The second-order valence-corrected chi connectivity index (χ2v) is 5.59. The average molecular weight is 259 g/mol. The molecule has 0 aromatic heterocycles. The molecule has 1 aromatic carbocycles. The van der Waals surface area contributed by atoms with Crippen LogP contribution in [0.3, 0.4) is 0 Å². The van der Waals surface area contributed by atoms with Gasteiger partial charge in [-0.25, -0.2) is 0 Å². The van der Waals surface area contributed by atoms with Gasteiger partial charge in [0.05, 0.1) is 6.04 Å². The van der Waals surface area contributed by atoms with Crippen LogP contribution in [0.1, 0.15) is 36.4 Å². The maximum atomic E-state index is 12.6. The van der Waals surface area contributed by atoms with Crippen molar-refractivity contribution in [1.29, 1.82) is 0 Å². The summed E-state index contributed by atoms with van der Waals surface area (Å²) in [7, 11) is 1.96. The van der Waals surface area contributed by atoms with Crippen LogP contribution in [0, 0.1) is 5.92 Å². The highest BCUT2D eigenvalue weighted by Crippen LogP contribution is 2.36. The summed E-state index contributed by atoms with van der Waals surface area (Å²) in [6.07, 6.45) is 3.89. The Kier molecular flexibility index (Phi) is 3.56. The van der Waals surface area contributed by atoms with E-state index in [1.54, 1.807) is 0 Å². The summed E-state index contributed by atoms with van der Waals surface area (Å²) in [6.45, 7) is 1.46. The molecule has 19 heavy (non-hydrogen) atoms. The van der Waals surface area contributed by atoms with Crippen molar-refractivity contribution < 1.29 is 9.53 Å². The Morgan fingerprint density at radius 1 is 1.21 bits per heavy atom. The number of ether oxygens (including phenoxy) is 1. The van der Waals surface area contributed by atoms with Crippen LogP contribution in [0.25, 0.3) is 0 Å². The van der Waals surface area contributed by atoms with Gasteiger partial charge < -0.3 is 9.64 Å². The summed E-state index contributed by atoms with van der Waals surface area (Å²) >= 11 is 0. The number of fused-ring (bicyclic) bond motifs is 1. The van der Waals surface area contributed by atoms with E-state index in [-0.39, 0.29) is 12.0 Å². The molecule has 1 fully saturated rings. The Balaban J connectivity index is 1.74. The number of rotatable bonds is 2. The summed E-state index contributed by atoms with van der Waals surface area (Å²) in [6, 6.07) is 8.78. The average Bonchev–Trinajstić information content (AvgIpc) is 2.90. The predicted molar refractivity (Wildman–Crippen MR) is 73.8 cm³/mol. The summed E-state index contributed by atoms with van der Waals surface area (Å²) in [4.78, 5) is 14.5. The third-order valence-electron chi connectivity index (χ3n) is 4.49. The first-order valence-corrected chi connectivity index (χ1v) is 7.19. The van der Waals surface area contributed by atoms with E-state index in [2.05, 4.69) is 24.3 Å². The lowest BCUT2D eigenvalue weighted by Crippen LogP contribution is -2.37. The monoisotopic (exact) mass is 259 g/mol. The molecular weight excluding hydrogens is 238 g/mol. The minimum absolute atomic E-state index is 0.159. The molecule has 0 saturated carbocycles. The fraction of sp³-hybridized carbons (Fsp3) is 0.562. The Hall–Kier alpha value is -1.35. The lowest BCUT2D eigenvalue weighted by Gasteiger charge is -2.31. The summed E-state index contributed by atoms with van der Waals surface area (Å²) in [5.41, 5.74) is 2.74. The van der Waals surface area contributed by atoms with Crippen LogP contribution in [-0.4, -0.2) is 31.1 Å². The first kappa shape index (κ1) is 12.7. The second-order valence-electron chi connectivity index (χ2n) is 5.59. The van der Waals surface area contributed by atoms with Crippen molar-refractivity contribution in [2.75, 3.05) is 20.3 Å². The van der Waals surface area contributed by atoms with Gasteiger partial charge in [0.15, 0.2) is 0 Å². The highest BCUT2D eigenvalue weighted by atomic mass is 16.5. The van der Waals surface area contributed by atoms with Crippen molar-refractivity contribution in [1.82, 2.24) is 4.90 Å². The lowest BCUT2D eigenvalue weighted by molar-refractivity contribution is -0.139. The van der Waals surface area contributed by atoms with Crippen LogP contribution in [0.4, 0.5) is 0 Å². The molecule has 1 amide bonds. The third kappa shape index (κ3) is 2.39. The van der Waals surface area contributed by atoms with Crippen molar-refractivity contribution in [3.63, 3.8) is 0 Å². The smallest absolute Gasteiger partial charge is 0.226 e. The van der Waals surface area contributed by atoms with E-state index in [1.807, 2.05) is 11.9 Å². The summed E-state index contributed by atoms with van der Waals surface area (Å²) in [5, 5.41) is 0. The van der Waals surface area contributed by atoms with Crippen molar-refractivity contribution in [3.8, 4) is 0 Å². The highest BCUT2D eigenvalue weighted by Gasteiger charge is 2.32. The molecule has 102 valence electrons. The topological polar surface area (TPSA) is 29.5 Å². The van der Waals surface area contributed by atoms with E-state index >= 15 is 0 Å². The molecule has 1 aromatic rings. The number of hydrogen-bond acceptors (Lipinski definition) is 2. The van der Waals surface area contributed by atoms with Gasteiger partial charge in [-0.1, -0.05) is 24.3 Å². The number of hydrogen-bond donors (Lipinski definition) is 0. The molecular formula is C16H21NO2. The Bertz CT molecular complexity index is 466. The summed E-state index contributed by atoms with van der Waals surface area (Å²) in [5.74, 6) is 0.455. The molecule has 0 radical (unpaired) electrons. The molecule has 2 aliphatic rings. The van der Waals surface area contributed by atoms with Gasteiger partial charge in [0.25, 0.3) is 0 Å². The molecule has 1 atom stereocenters. The van der Waals surface area contributed by atoms with E-state index in [4.69, 9.17) is 4.74 Å². The molecule has 1 aliphatic heterocycles. The quantitative estimate of drug-likeness (QED) is 0.817. The number of nitrogens with zero attached hydrogens (tertiary/aromatic N) is 1. The lowest BCUT2D eigenvalue weighted by atomic mass is 9.97. The van der Waals surface area contributed by atoms with E-state index < -0.39 is 0 Å². The summed E-state index contributed by atoms with van der Waals surface area (Å²) < 4.78 is 5.34. The molecule has 1 aliphatic carbocycles. The molecule has 3 nitrogen and oxygen atoms in total. The first-order chi connectivity index (χ1) is 9.27. The standard InChI is InChI=1S/C16H21NO2/c1-17(16(18)13-8-10-19-11-9-13)15-7-6-12-4-2-3-5-14(12)15/h2-5,13,15H,6-11H2,1H3. The predicted octanol–water partition coefficient (Wildman–Crippen LogP) is 2.56. The maximum absolute atomic E-state index is 12.6. The van der Waals surface area contributed by atoms with E-state index in [1.165, 1.54) is 11.1 Å². The van der Waals surface area contributed by atoms with E-state index in [9.17, 15) is 4.79 Å². The fourth-order valence-corrected chi connectivity index (χ4v) is 3.32. The van der Waals surface area contributed by atoms with Gasteiger partial charge in [0, 0.05) is 26.2 Å². The molecule has 1 heterocycles. The van der Waals surface area contributed by atoms with Gasteiger partial charge in [-0.15, -0.1) is 0 Å². The molecule has 1 saturated heterocycles. The van der Waals surface area contributed by atoms with E-state index in [0.717, 1.165) is 38.9 Å². The van der Waals surface area contributed by atoms with Crippen molar-refractivity contribution in [2.45, 2.75) is 31.7 Å². The zero-order chi connectivity index (χ0) is 13.2. The largest absolute Gasteiger partial charge is 0.381 e. The maximum Gasteiger partial charge on any atom is 0.226 e. The fourth-order valence-electron chi connectivity index (χ4n) is 3.32. The number of carbonyl (C=O) groups excluding carboxylic acids is 1. The van der Waals surface area contributed by atoms with Crippen molar-refractivity contribution in [2.24, 2.45) is 5.92 Å². The normalized spacial score (nSPS) is 23.1. The van der Waals surface area contributed by atoms with Gasteiger partial charge in [-0.05, 0) is 36.8 Å². The molecule has 0 spiro atoms. The SMILES string of the molecule is CN(C(=O)C1CCOCC1)C1CCc2ccccc21. The molecule has 0 bridgehead atoms. The molecule has 3 heteroatoms. The van der Waals surface area contributed by atoms with Gasteiger partial charge in [0.2, 0.25) is 5.91 Å². The Labute approximate surface area is 114 Å². The third-order valence-corrected chi connectivity index (χ3v) is 4.49. The first-order valence-electron chi connectivity index (χ1n) is 7.19. The molecule has 1 unspecified atom stereocenters. The number of amides is 1. The van der Waals surface area contributed by atoms with Crippen LogP contribution in [0.5, 0.6) is 0 Å². The Morgan fingerprint density at radius 3 is 2.74 bits per heavy atom. The van der Waals surface area contributed by atoms with Crippen LogP contribution in [-0.2, 0) is 16.0 Å². The number of aryl methyl sites for hydroxylation is 1. The van der Waals surface area contributed by atoms with Crippen molar-refractivity contribution >= 4 is 5.91 Å². The Morgan fingerprint density at radius 2 is 1.95 bits per heavy atom. The van der Waals surface area contributed by atoms with E-state index in [0.29, 0.717) is 5.91 Å². The molecule has 3 rings (SSSR count).